The van der Waals surface area contributed by atoms with Gasteiger partial charge < -0.3 is 14.2 Å². The second-order valence-corrected chi connectivity index (χ2v) is 7.41. The van der Waals surface area contributed by atoms with E-state index in [0.717, 1.165) is 22.6 Å². The average molecular weight is 402 g/mol. The van der Waals surface area contributed by atoms with Crippen molar-refractivity contribution in [3.8, 4) is 11.5 Å². The van der Waals surface area contributed by atoms with Crippen LogP contribution in [0.4, 0.5) is 0 Å². The lowest BCUT2D eigenvalue weighted by molar-refractivity contribution is -0.148. The van der Waals surface area contributed by atoms with Gasteiger partial charge in [-0.1, -0.05) is 48.5 Å². The number of esters is 1. The largest absolute Gasteiger partial charge is 0.497 e. The molecule has 0 aliphatic heterocycles. The van der Waals surface area contributed by atoms with Crippen LogP contribution in [0.25, 0.3) is 0 Å². The lowest BCUT2D eigenvalue weighted by Crippen LogP contribution is -2.26. The summed E-state index contributed by atoms with van der Waals surface area (Å²) in [4.78, 5) is 13.3. The molecule has 4 rings (SSSR count). The van der Waals surface area contributed by atoms with Gasteiger partial charge in [-0.2, -0.15) is 0 Å². The number of fused-ring (bicyclic) bond motifs is 1. The van der Waals surface area contributed by atoms with Crippen molar-refractivity contribution in [3.05, 3.63) is 95.1 Å². The van der Waals surface area contributed by atoms with E-state index in [-0.39, 0.29) is 23.7 Å². The van der Waals surface area contributed by atoms with E-state index in [9.17, 15) is 4.79 Å². The standard InChI is InChI=1S/C26H26O4/c1-4-30-26(27)25-23(17-9-13-19(28-2)14-10-17)21-7-5-6-8-22(21)24(25)18-11-15-20(29-3)16-12-18/h5-16,23-25H,4H2,1-3H3. The molecule has 1 aliphatic carbocycles. The minimum Gasteiger partial charge on any atom is -0.497 e. The summed E-state index contributed by atoms with van der Waals surface area (Å²) in [6.45, 7) is 2.21. The zero-order chi connectivity index (χ0) is 21.1. The van der Waals surface area contributed by atoms with Gasteiger partial charge in [0.25, 0.3) is 0 Å². The molecular formula is C26H26O4. The second-order valence-electron chi connectivity index (χ2n) is 7.41. The topological polar surface area (TPSA) is 44.8 Å². The molecule has 4 heteroatoms. The highest BCUT2D eigenvalue weighted by atomic mass is 16.5. The van der Waals surface area contributed by atoms with Crippen LogP contribution >= 0.6 is 0 Å². The minimum atomic E-state index is -0.343. The van der Waals surface area contributed by atoms with Crippen molar-refractivity contribution in [2.24, 2.45) is 5.92 Å². The van der Waals surface area contributed by atoms with E-state index < -0.39 is 0 Å². The summed E-state index contributed by atoms with van der Waals surface area (Å²) in [6, 6.07) is 24.3. The van der Waals surface area contributed by atoms with Gasteiger partial charge in [-0.25, -0.2) is 0 Å². The molecular weight excluding hydrogens is 376 g/mol. The van der Waals surface area contributed by atoms with E-state index in [1.54, 1.807) is 14.2 Å². The molecule has 2 unspecified atom stereocenters. The molecule has 0 fully saturated rings. The fraction of sp³-hybridized carbons (Fsp3) is 0.269. The molecule has 154 valence electrons. The molecule has 0 aromatic heterocycles. The molecule has 0 radical (unpaired) electrons. The first-order valence-corrected chi connectivity index (χ1v) is 10.2. The van der Waals surface area contributed by atoms with E-state index in [0.29, 0.717) is 6.61 Å². The molecule has 0 saturated carbocycles. The summed E-state index contributed by atoms with van der Waals surface area (Å²) in [6.07, 6.45) is 0. The summed E-state index contributed by atoms with van der Waals surface area (Å²) < 4.78 is 16.2. The number of rotatable bonds is 6. The van der Waals surface area contributed by atoms with Crippen molar-refractivity contribution < 1.29 is 19.0 Å². The van der Waals surface area contributed by atoms with Gasteiger partial charge in [0.15, 0.2) is 0 Å². The fourth-order valence-corrected chi connectivity index (χ4v) is 4.56. The van der Waals surface area contributed by atoms with E-state index in [1.807, 2.05) is 67.6 Å². The molecule has 1 aliphatic rings. The van der Waals surface area contributed by atoms with Gasteiger partial charge in [-0.15, -0.1) is 0 Å². The third-order valence-corrected chi connectivity index (χ3v) is 5.89. The summed E-state index contributed by atoms with van der Waals surface area (Å²) >= 11 is 0. The molecule has 3 aromatic carbocycles. The van der Waals surface area contributed by atoms with E-state index in [1.165, 1.54) is 11.1 Å². The Labute approximate surface area is 177 Å². The summed E-state index contributed by atoms with van der Waals surface area (Å²) in [5.41, 5.74) is 4.50. The van der Waals surface area contributed by atoms with Crippen LogP contribution in [-0.2, 0) is 9.53 Å². The van der Waals surface area contributed by atoms with Crippen LogP contribution < -0.4 is 9.47 Å². The summed E-state index contributed by atoms with van der Waals surface area (Å²) in [5, 5.41) is 0. The highest BCUT2D eigenvalue weighted by Gasteiger charge is 2.46. The first kappa shape index (κ1) is 20.0. The lowest BCUT2D eigenvalue weighted by atomic mass is 9.79. The molecule has 0 bridgehead atoms. The summed E-state index contributed by atoms with van der Waals surface area (Å²) in [7, 11) is 3.31. The monoisotopic (exact) mass is 402 g/mol. The van der Waals surface area contributed by atoms with Crippen LogP contribution in [-0.4, -0.2) is 26.8 Å². The first-order chi connectivity index (χ1) is 14.7. The molecule has 2 atom stereocenters. The number of hydrogen-bond acceptors (Lipinski definition) is 4. The van der Waals surface area contributed by atoms with Crippen molar-refractivity contribution in [2.45, 2.75) is 18.8 Å². The van der Waals surface area contributed by atoms with Crippen LogP contribution in [0, 0.1) is 5.92 Å². The molecule has 0 spiro atoms. The average Bonchev–Trinajstić information content (AvgIpc) is 3.14. The summed E-state index contributed by atoms with van der Waals surface area (Å²) in [5.74, 6) is 0.907. The van der Waals surface area contributed by atoms with Crippen molar-refractivity contribution in [3.63, 3.8) is 0 Å². The van der Waals surface area contributed by atoms with Crippen LogP contribution in [0.2, 0.25) is 0 Å². The third kappa shape index (κ3) is 3.54. The van der Waals surface area contributed by atoms with Crippen molar-refractivity contribution in [2.75, 3.05) is 20.8 Å². The van der Waals surface area contributed by atoms with E-state index >= 15 is 0 Å². The highest BCUT2D eigenvalue weighted by Crippen LogP contribution is 2.53. The Hall–Kier alpha value is -3.27. The fourth-order valence-electron chi connectivity index (χ4n) is 4.56. The number of carbonyl (C=O) groups is 1. The Morgan fingerprint density at radius 3 is 1.53 bits per heavy atom. The van der Waals surface area contributed by atoms with Crippen LogP contribution in [0.5, 0.6) is 11.5 Å². The van der Waals surface area contributed by atoms with E-state index in [4.69, 9.17) is 14.2 Å². The normalized spacial score (nSPS) is 19.8. The Balaban J connectivity index is 1.86. The molecule has 0 saturated heterocycles. The van der Waals surface area contributed by atoms with Crippen molar-refractivity contribution >= 4 is 5.97 Å². The maximum Gasteiger partial charge on any atom is 0.310 e. The first-order valence-electron chi connectivity index (χ1n) is 10.2. The van der Waals surface area contributed by atoms with Gasteiger partial charge in [-0.3, -0.25) is 4.79 Å². The Bertz CT molecular complexity index is 933. The number of carbonyl (C=O) groups excluding carboxylic acids is 1. The van der Waals surface area contributed by atoms with Crippen molar-refractivity contribution in [1.82, 2.24) is 0 Å². The number of ether oxygens (including phenoxy) is 3. The maximum atomic E-state index is 13.3. The number of benzene rings is 3. The van der Waals surface area contributed by atoms with E-state index in [2.05, 4.69) is 12.1 Å². The predicted octanol–water partition coefficient (Wildman–Crippen LogP) is 5.16. The lowest BCUT2D eigenvalue weighted by Gasteiger charge is -2.25. The molecule has 0 heterocycles. The van der Waals surface area contributed by atoms with Gasteiger partial charge in [0.1, 0.15) is 11.5 Å². The van der Waals surface area contributed by atoms with Gasteiger partial charge in [0, 0.05) is 11.8 Å². The minimum absolute atomic E-state index is 0.0849. The zero-order valence-electron chi connectivity index (χ0n) is 17.5. The number of methoxy groups -OCH3 is 2. The Kier molecular flexibility index (Phi) is 5.75. The van der Waals surface area contributed by atoms with Crippen LogP contribution in [0.1, 0.15) is 41.0 Å². The maximum absolute atomic E-state index is 13.3. The SMILES string of the molecule is CCOC(=O)C1C(c2ccc(OC)cc2)c2ccccc2C1c1ccc(OC)cc1. The van der Waals surface area contributed by atoms with Gasteiger partial charge in [0.05, 0.1) is 26.7 Å². The molecule has 0 N–H and O–H groups in total. The van der Waals surface area contributed by atoms with Crippen LogP contribution in [0.15, 0.2) is 72.8 Å². The molecule has 30 heavy (non-hydrogen) atoms. The third-order valence-electron chi connectivity index (χ3n) is 5.89. The zero-order valence-corrected chi connectivity index (χ0v) is 17.5. The predicted molar refractivity (Wildman–Crippen MR) is 116 cm³/mol. The van der Waals surface area contributed by atoms with Gasteiger partial charge >= 0.3 is 5.97 Å². The second kappa shape index (κ2) is 8.62. The van der Waals surface area contributed by atoms with Crippen molar-refractivity contribution in [1.29, 1.82) is 0 Å². The van der Waals surface area contributed by atoms with Gasteiger partial charge in [0.2, 0.25) is 0 Å². The Morgan fingerprint density at radius 1 is 0.733 bits per heavy atom. The highest BCUT2D eigenvalue weighted by molar-refractivity contribution is 5.79. The smallest absolute Gasteiger partial charge is 0.310 e. The quantitative estimate of drug-likeness (QED) is 0.534. The Morgan fingerprint density at radius 2 is 1.17 bits per heavy atom. The molecule has 4 nitrogen and oxygen atoms in total. The van der Waals surface area contributed by atoms with Gasteiger partial charge in [-0.05, 0) is 53.4 Å². The molecule has 0 amide bonds. The number of hydrogen-bond donors (Lipinski definition) is 0. The molecule has 3 aromatic rings. The van der Waals surface area contributed by atoms with Crippen LogP contribution in [0.3, 0.4) is 0 Å².